The van der Waals surface area contributed by atoms with Crippen molar-refractivity contribution in [2.24, 2.45) is 5.92 Å². The summed E-state index contributed by atoms with van der Waals surface area (Å²) >= 11 is 0. The number of phenolic OH excluding ortho intramolecular Hbond substituents is 1. The molecule has 1 spiro atoms. The summed E-state index contributed by atoms with van der Waals surface area (Å²) in [5.41, 5.74) is -5.32. The third kappa shape index (κ3) is 3.44. The van der Waals surface area contributed by atoms with Gasteiger partial charge in [0.05, 0.1) is 11.7 Å². The van der Waals surface area contributed by atoms with Crippen LogP contribution in [-0.4, -0.2) is 74.6 Å². The minimum absolute atomic E-state index is 0.0111. The topological polar surface area (TPSA) is 149 Å². The number of fused-ring (bicyclic) bond motifs is 3. The molecule has 3 aliphatic heterocycles. The molecule has 0 amide bonds. The lowest BCUT2D eigenvalue weighted by atomic mass is 9.49. The number of aliphatic hydroxyl groups excluding tert-OH is 1. The Morgan fingerprint density at radius 3 is 2.45 bits per heavy atom. The molecule has 0 aromatic heterocycles. The first-order valence-electron chi connectivity index (χ1n) is 14.9. The number of carboxylic acid groups (broad SMARTS) is 1. The fraction of sp³-hybridized carbons (Fsp3) is 0.559. The van der Waals surface area contributed by atoms with E-state index >= 15 is 0 Å². The number of carbonyl (C=O) groups is 3. The molecule has 3 N–H and O–H groups in total. The largest absolute Gasteiger partial charge is 0.507 e. The summed E-state index contributed by atoms with van der Waals surface area (Å²) in [4.78, 5) is 41.2. The number of aromatic hydroxyl groups is 1. The number of methoxy groups -OCH3 is 1. The zero-order valence-corrected chi connectivity index (χ0v) is 26.4. The van der Waals surface area contributed by atoms with Crippen molar-refractivity contribution >= 4 is 17.5 Å². The van der Waals surface area contributed by atoms with Gasteiger partial charge in [-0.15, -0.1) is 0 Å². The van der Waals surface area contributed by atoms with E-state index in [2.05, 4.69) is 6.58 Å². The second-order valence-corrected chi connectivity index (χ2v) is 14.1. The molecular formula is C34H40O10. The Morgan fingerprint density at radius 2 is 1.86 bits per heavy atom. The standard InChI is InChI=1S/C34H40O10/c1-15(2)20(35)12-18-24(36)22-25(37)19-13-32(41-9)14-21-31(7,8)44-33(29(32)40,11-10-16(3)28(38)39)34(19,21)43-27(22)23-26(18)42-17(4)30(23,5)6/h10,13,17,20-21,35-36H,1,11-12,14H2,2-9H3,(H,38,39)/b16-10+/t17-,20?,21+,32-,33-,34-/m1/s1. The van der Waals surface area contributed by atoms with Gasteiger partial charge in [-0.2, -0.15) is 0 Å². The SMILES string of the molecule is C=C(C)C(O)Cc1c(O)c2c(c3c1O[C@H](C)C3(C)C)O[C@]13C(=C[C@@]4(OC)C[C@H]1C(C)(C)O[C@]3(C/C=C(\C)C(=O)O)C4=O)C2=O. The fourth-order valence-electron chi connectivity index (χ4n) is 8.08. The number of hydrogen-bond acceptors (Lipinski definition) is 9. The number of rotatable bonds is 7. The van der Waals surface area contributed by atoms with Gasteiger partial charge in [-0.3, -0.25) is 9.59 Å². The first kappa shape index (κ1) is 30.6. The van der Waals surface area contributed by atoms with Crippen LogP contribution in [0.2, 0.25) is 0 Å². The van der Waals surface area contributed by atoms with Crippen LogP contribution in [0.1, 0.15) is 82.8 Å². The molecule has 1 unspecified atom stereocenters. The number of hydrogen-bond donors (Lipinski definition) is 3. The maximum atomic E-state index is 14.8. The van der Waals surface area contributed by atoms with Crippen LogP contribution in [0.5, 0.6) is 17.2 Å². The fourth-order valence-corrected chi connectivity index (χ4v) is 8.08. The summed E-state index contributed by atoms with van der Waals surface area (Å²) < 4.78 is 26.0. The number of aliphatic carboxylic acids is 1. The van der Waals surface area contributed by atoms with Crippen LogP contribution in [0.25, 0.3) is 0 Å². The Bertz CT molecular complexity index is 1630. The Labute approximate surface area is 256 Å². The number of ketones is 2. The number of carbonyl (C=O) groups excluding carboxylic acids is 2. The molecule has 2 fully saturated rings. The van der Waals surface area contributed by atoms with E-state index in [0.29, 0.717) is 16.9 Å². The second kappa shape index (κ2) is 9.05. The lowest BCUT2D eigenvalue weighted by Crippen LogP contribution is -2.77. The van der Waals surface area contributed by atoms with E-state index in [9.17, 15) is 29.7 Å². The van der Waals surface area contributed by atoms with Gasteiger partial charge in [-0.05, 0) is 47.1 Å². The molecule has 3 aliphatic carbocycles. The van der Waals surface area contributed by atoms with Gasteiger partial charge in [0.2, 0.25) is 5.78 Å². The molecule has 0 radical (unpaired) electrons. The highest BCUT2D eigenvalue weighted by atomic mass is 16.6. The van der Waals surface area contributed by atoms with Crippen molar-refractivity contribution in [3.63, 3.8) is 0 Å². The highest BCUT2D eigenvalue weighted by Gasteiger charge is 2.84. The minimum atomic E-state index is -1.81. The molecule has 1 saturated carbocycles. The van der Waals surface area contributed by atoms with Gasteiger partial charge in [-0.25, -0.2) is 4.79 Å². The summed E-state index contributed by atoms with van der Waals surface area (Å²) in [6.45, 7) is 16.4. The molecule has 10 heteroatoms. The molecule has 44 heavy (non-hydrogen) atoms. The summed E-state index contributed by atoms with van der Waals surface area (Å²) in [5, 5.41) is 32.2. The second-order valence-electron chi connectivity index (χ2n) is 14.1. The Morgan fingerprint density at radius 1 is 1.20 bits per heavy atom. The van der Waals surface area contributed by atoms with Crippen LogP contribution in [-0.2, 0) is 30.9 Å². The van der Waals surface area contributed by atoms with Crippen LogP contribution in [0, 0.1) is 5.92 Å². The number of Topliss-reactive ketones (excluding diaryl/α,β-unsaturated/α-hetero) is 2. The van der Waals surface area contributed by atoms with E-state index in [1.54, 1.807) is 6.92 Å². The Balaban J connectivity index is 1.69. The van der Waals surface area contributed by atoms with E-state index in [1.165, 1.54) is 26.2 Å². The van der Waals surface area contributed by atoms with Crippen molar-refractivity contribution in [3.05, 3.63) is 52.1 Å². The molecule has 1 aromatic rings. The summed E-state index contributed by atoms with van der Waals surface area (Å²) in [6, 6.07) is 0. The van der Waals surface area contributed by atoms with Gasteiger partial charge in [0.15, 0.2) is 17.0 Å². The third-order valence-electron chi connectivity index (χ3n) is 10.9. The zero-order valence-electron chi connectivity index (χ0n) is 26.4. The summed E-state index contributed by atoms with van der Waals surface area (Å²) in [7, 11) is 1.40. The van der Waals surface area contributed by atoms with Crippen molar-refractivity contribution in [1.29, 1.82) is 0 Å². The van der Waals surface area contributed by atoms with Gasteiger partial charge < -0.3 is 34.3 Å². The molecule has 7 rings (SSSR count). The highest BCUT2D eigenvalue weighted by Crippen LogP contribution is 2.70. The van der Waals surface area contributed by atoms with Crippen LogP contribution in [0.3, 0.4) is 0 Å². The number of ether oxygens (including phenoxy) is 4. The van der Waals surface area contributed by atoms with E-state index in [4.69, 9.17) is 18.9 Å². The number of carboxylic acids is 1. The van der Waals surface area contributed by atoms with Crippen LogP contribution < -0.4 is 9.47 Å². The molecule has 6 aliphatic rings. The predicted octanol–water partition coefficient (Wildman–Crippen LogP) is 4.13. The number of aliphatic hydroxyl groups is 1. The summed E-state index contributed by atoms with van der Waals surface area (Å²) in [5.74, 6) is -2.64. The number of benzene rings is 1. The molecule has 4 bridgehead atoms. The van der Waals surface area contributed by atoms with Crippen LogP contribution in [0.4, 0.5) is 0 Å². The smallest absolute Gasteiger partial charge is 0.330 e. The maximum absolute atomic E-state index is 14.8. The molecule has 236 valence electrons. The predicted molar refractivity (Wildman–Crippen MR) is 158 cm³/mol. The quantitative estimate of drug-likeness (QED) is 0.305. The van der Waals surface area contributed by atoms with E-state index in [0.717, 1.165) is 0 Å². The molecular weight excluding hydrogens is 568 g/mol. The normalized spacial score (nSPS) is 34.4. The Kier molecular flexibility index (Phi) is 6.28. The molecule has 10 nitrogen and oxygen atoms in total. The van der Waals surface area contributed by atoms with Gasteiger partial charge >= 0.3 is 5.97 Å². The highest BCUT2D eigenvalue weighted by molar-refractivity contribution is 6.20. The van der Waals surface area contributed by atoms with Crippen molar-refractivity contribution < 1.29 is 48.7 Å². The van der Waals surface area contributed by atoms with Gasteiger partial charge in [-0.1, -0.05) is 32.1 Å². The molecule has 1 saturated heterocycles. The van der Waals surface area contributed by atoms with Gasteiger partial charge in [0.25, 0.3) is 0 Å². The van der Waals surface area contributed by atoms with Crippen molar-refractivity contribution in [2.75, 3.05) is 7.11 Å². The maximum Gasteiger partial charge on any atom is 0.330 e. The Hall–Kier alpha value is -3.47. The first-order valence-corrected chi connectivity index (χ1v) is 14.9. The molecule has 6 atom stereocenters. The van der Waals surface area contributed by atoms with Crippen molar-refractivity contribution in [2.45, 2.75) is 108 Å². The summed E-state index contributed by atoms with van der Waals surface area (Å²) in [6.07, 6.45) is 1.50. The molecule has 3 heterocycles. The average Bonchev–Trinajstić information content (AvgIpc) is 3.27. The van der Waals surface area contributed by atoms with Crippen molar-refractivity contribution in [1.82, 2.24) is 0 Å². The first-order chi connectivity index (χ1) is 20.3. The average molecular weight is 609 g/mol. The van der Waals surface area contributed by atoms with Crippen LogP contribution >= 0.6 is 0 Å². The lowest BCUT2D eigenvalue weighted by molar-refractivity contribution is -0.190. The van der Waals surface area contributed by atoms with Crippen LogP contribution in [0.15, 0.2) is 35.5 Å². The van der Waals surface area contributed by atoms with E-state index < -0.39 is 63.5 Å². The van der Waals surface area contributed by atoms with Gasteiger partial charge in [0, 0.05) is 53.6 Å². The zero-order chi connectivity index (χ0) is 32.5. The third-order valence-corrected chi connectivity index (χ3v) is 10.9. The lowest BCUT2D eigenvalue weighted by Gasteiger charge is -2.59. The minimum Gasteiger partial charge on any atom is -0.507 e. The van der Waals surface area contributed by atoms with Crippen molar-refractivity contribution in [3.8, 4) is 17.2 Å². The number of phenols is 1. The monoisotopic (exact) mass is 608 g/mol. The van der Waals surface area contributed by atoms with E-state index in [-0.39, 0.29) is 53.0 Å². The van der Waals surface area contributed by atoms with E-state index in [1.807, 2.05) is 34.6 Å². The van der Waals surface area contributed by atoms with Gasteiger partial charge in [0.1, 0.15) is 34.5 Å². The molecule has 1 aromatic carbocycles.